The third-order valence-electron chi connectivity index (χ3n) is 2.88. The lowest BCUT2D eigenvalue weighted by molar-refractivity contribution is -0.0614. The molecule has 1 fully saturated rings. The second-order valence-corrected chi connectivity index (χ2v) is 6.11. The van der Waals surface area contributed by atoms with Crippen molar-refractivity contribution in [2.75, 3.05) is 13.1 Å². The van der Waals surface area contributed by atoms with E-state index in [0.717, 1.165) is 0 Å². The van der Waals surface area contributed by atoms with Crippen LogP contribution in [0.4, 0.5) is 0 Å². The average Bonchev–Trinajstić information content (AvgIpc) is 2.60. The quantitative estimate of drug-likeness (QED) is 0.783. The minimum atomic E-state index is -3.52. The fraction of sp³-hybridized carbons (Fsp3) is 0.667. The summed E-state index contributed by atoms with van der Waals surface area (Å²) in [5, 5.41) is 9.81. The van der Waals surface area contributed by atoms with E-state index < -0.39 is 15.6 Å². The highest BCUT2D eigenvalue weighted by atomic mass is 32.2. The summed E-state index contributed by atoms with van der Waals surface area (Å²) in [6, 6.07) is 0. The Kier molecular flexibility index (Phi) is 2.56. The number of aryl methyl sites for hydroxylation is 1. The van der Waals surface area contributed by atoms with Crippen LogP contribution in [0.3, 0.4) is 0 Å². The fourth-order valence-electron chi connectivity index (χ4n) is 1.66. The van der Waals surface area contributed by atoms with Crippen LogP contribution < -0.4 is 0 Å². The summed E-state index contributed by atoms with van der Waals surface area (Å²) in [4.78, 5) is 3.82. The van der Waals surface area contributed by atoms with Gasteiger partial charge in [0.2, 0.25) is 0 Å². The van der Waals surface area contributed by atoms with Gasteiger partial charge in [-0.3, -0.25) is 0 Å². The second-order valence-electron chi connectivity index (χ2n) is 4.23. The predicted molar refractivity (Wildman–Crippen MR) is 57.2 cm³/mol. The predicted octanol–water partition coefficient (Wildman–Crippen LogP) is -0.435. The number of imidazole rings is 1. The van der Waals surface area contributed by atoms with Crippen molar-refractivity contribution in [3.8, 4) is 0 Å². The van der Waals surface area contributed by atoms with E-state index in [4.69, 9.17) is 0 Å². The first kappa shape index (κ1) is 11.6. The zero-order valence-corrected chi connectivity index (χ0v) is 10.1. The first-order chi connectivity index (χ1) is 7.37. The van der Waals surface area contributed by atoms with Crippen molar-refractivity contribution in [1.82, 2.24) is 13.9 Å². The maximum atomic E-state index is 12.0. The molecule has 1 aliphatic heterocycles. The zero-order chi connectivity index (χ0) is 12.0. The Morgan fingerprint density at radius 1 is 1.56 bits per heavy atom. The van der Waals surface area contributed by atoms with Gasteiger partial charge in [-0.05, 0) is 6.42 Å². The molecule has 0 unspecified atom stereocenters. The summed E-state index contributed by atoms with van der Waals surface area (Å²) >= 11 is 0. The standard InChI is InChI=1S/C9H15N3O3S/c1-3-9(13)5-12(6-9)16(14,15)8-4-11(2)7-10-8/h4,7,13H,3,5-6H2,1-2H3. The zero-order valence-electron chi connectivity index (χ0n) is 9.29. The van der Waals surface area contributed by atoms with Gasteiger partial charge in [0.05, 0.1) is 11.9 Å². The molecule has 1 aromatic heterocycles. The van der Waals surface area contributed by atoms with Crippen LogP contribution in [0.15, 0.2) is 17.6 Å². The van der Waals surface area contributed by atoms with Crippen molar-refractivity contribution in [1.29, 1.82) is 0 Å². The number of aromatic nitrogens is 2. The van der Waals surface area contributed by atoms with Crippen LogP contribution in [0.2, 0.25) is 0 Å². The monoisotopic (exact) mass is 245 g/mol. The van der Waals surface area contributed by atoms with Crippen molar-refractivity contribution >= 4 is 10.0 Å². The molecule has 0 radical (unpaired) electrons. The molecule has 1 aromatic rings. The highest BCUT2D eigenvalue weighted by Gasteiger charge is 2.46. The summed E-state index contributed by atoms with van der Waals surface area (Å²) in [6.07, 6.45) is 3.46. The lowest BCUT2D eigenvalue weighted by Crippen LogP contribution is -2.62. The molecule has 0 aliphatic carbocycles. The van der Waals surface area contributed by atoms with E-state index in [1.165, 1.54) is 16.8 Å². The highest BCUT2D eigenvalue weighted by molar-refractivity contribution is 7.89. The molecule has 0 saturated carbocycles. The topological polar surface area (TPSA) is 75.4 Å². The van der Waals surface area contributed by atoms with Gasteiger partial charge in [0, 0.05) is 26.3 Å². The Morgan fingerprint density at radius 2 is 2.19 bits per heavy atom. The Morgan fingerprint density at radius 3 is 2.62 bits per heavy atom. The van der Waals surface area contributed by atoms with Crippen LogP contribution in [0, 0.1) is 0 Å². The van der Waals surface area contributed by atoms with Gasteiger partial charge in [0.25, 0.3) is 10.0 Å². The minimum Gasteiger partial charge on any atom is -0.387 e. The van der Waals surface area contributed by atoms with Gasteiger partial charge in [0.1, 0.15) is 0 Å². The van der Waals surface area contributed by atoms with Gasteiger partial charge < -0.3 is 9.67 Å². The number of aliphatic hydroxyl groups is 1. The first-order valence-corrected chi connectivity index (χ1v) is 6.52. The lowest BCUT2D eigenvalue weighted by atomic mass is 9.94. The molecule has 0 spiro atoms. The van der Waals surface area contributed by atoms with Gasteiger partial charge in [-0.15, -0.1) is 0 Å². The normalized spacial score (nSPS) is 20.7. The van der Waals surface area contributed by atoms with Crippen molar-refractivity contribution in [2.45, 2.75) is 24.0 Å². The van der Waals surface area contributed by atoms with Crippen LogP contribution in [-0.4, -0.2) is 46.1 Å². The minimum absolute atomic E-state index is 0.0353. The van der Waals surface area contributed by atoms with Crippen LogP contribution in [-0.2, 0) is 17.1 Å². The third kappa shape index (κ3) is 1.74. The third-order valence-corrected chi connectivity index (χ3v) is 4.56. The van der Waals surface area contributed by atoms with Gasteiger partial charge in [0.15, 0.2) is 5.03 Å². The van der Waals surface area contributed by atoms with Crippen LogP contribution in [0.25, 0.3) is 0 Å². The van der Waals surface area contributed by atoms with E-state index in [0.29, 0.717) is 6.42 Å². The summed E-state index contributed by atoms with van der Waals surface area (Å²) in [6.45, 7) is 2.15. The molecule has 0 amide bonds. The van der Waals surface area contributed by atoms with Gasteiger partial charge in [-0.1, -0.05) is 6.92 Å². The van der Waals surface area contributed by atoms with Crippen LogP contribution in [0.1, 0.15) is 13.3 Å². The number of β-amino-alcohol motifs (C(OH)–C–C–N with tert-alkyl or cyclic N) is 1. The molecule has 7 heteroatoms. The van der Waals surface area contributed by atoms with E-state index in [1.807, 2.05) is 6.92 Å². The van der Waals surface area contributed by atoms with E-state index in [2.05, 4.69) is 4.98 Å². The van der Waals surface area contributed by atoms with Crippen molar-refractivity contribution < 1.29 is 13.5 Å². The number of rotatable bonds is 3. The number of nitrogens with zero attached hydrogens (tertiary/aromatic N) is 3. The summed E-state index contributed by atoms with van der Waals surface area (Å²) in [5.74, 6) is 0. The van der Waals surface area contributed by atoms with Gasteiger partial charge in [-0.25, -0.2) is 13.4 Å². The fourth-order valence-corrected chi connectivity index (χ4v) is 3.22. The molecule has 1 N–H and O–H groups in total. The molecule has 0 aromatic carbocycles. The number of sulfonamides is 1. The molecule has 16 heavy (non-hydrogen) atoms. The smallest absolute Gasteiger partial charge is 0.262 e. The molecule has 0 bridgehead atoms. The molecule has 1 saturated heterocycles. The van der Waals surface area contributed by atoms with Crippen LogP contribution >= 0.6 is 0 Å². The largest absolute Gasteiger partial charge is 0.387 e. The summed E-state index contributed by atoms with van der Waals surface area (Å²) in [5.41, 5.74) is -0.859. The maximum absolute atomic E-state index is 12.0. The van der Waals surface area contributed by atoms with Crippen molar-refractivity contribution in [3.05, 3.63) is 12.5 Å². The molecule has 0 atom stereocenters. The molecule has 90 valence electrons. The molecule has 2 heterocycles. The second kappa shape index (κ2) is 3.54. The van der Waals surface area contributed by atoms with E-state index in [1.54, 1.807) is 11.6 Å². The first-order valence-electron chi connectivity index (χ1n) is 5.08. The Bertz CT molecular complexity index is 488. The Hall–Kier alpha value is -0.920. The molecular weight excluding hydrogens is 230 g/mol. The van der Waals surface area contributed by atoms with E-state index in [-0.39, 0.29) is 18.1 Å². The Labute approximate surface area is 94.6 Å². The van der Waals surface area contributed by atoms with E-state index >= 15 is 0 Å². The highest BCUT2D eigenvalue weighted by Crippen LogP contribution is 2.29. The van der Waals surface area contributed by atoms with Gasteiger partial charge >= 0.3 is 0 Å². The van der Waals surface area contributed by atoms with Crippen LogP contribution in [0.5, 0.6) is 0 Å². The number of hydrogen-bond acceptors (Lipinski definition) is 4. The van der Waals surface area contributed by atoms with Gasteiger partial charge in [-0.2, -0.15) is 4.31 Å². The molecule has 6 nitrogen and oxygen atoms in total. The van der Waals surface area contributed by atoms with Crippen molar-refractivity contribution in [2.24, 2.45) is 7.05 Å². The SMILES string of the molecule is CCC1(O)CN(S(=O)(=O)c2cn(C)cn2)C1. The lowest BCUT2D eigenvalue weighted by Gasteiger charge is -2.44. The van der Waals surface area contributed by atoms with Crippen molar-refractivity contribution in [3.63, 3.8) is 0 Å². The summed E-state index contributed by atoms with van der Waals surface area (Å²) < 4.78 is 26.8. The van der Waals surface area contributed by atoms with E-state index in [9.17, 15) is 13.5 Å². The summed E-state index contributed by atoms with van der Waals surface area (Å²) in [7, 11) is -1.81. The number of hydrogen-bond donors (Lipinski definition) is 1. The average molecular weight is 245 g/mol. The Balaban J connectivity index is 2.17. The molecule has 1 aliphatic rings. The molecule has 2 rings (SSSR count). The maximum Gasteiger partial charge on any atom is 0.262 e. The molecular formula is C9H15N3O3S.